The zero-order valence-corrected chi connectivity index (χ0v) is 9.39. The van der Waals surface area contributed by atoms with Gasteiger partial charge in [0.05, 0.1) is 0 Å². The molecule has 5 heteroatoms. The molecule has 84 valence electrons. The van der Waals surface area contributed by atoms with Gasteiger partial charge in [-0.05, 0) is 18.0 Å². The summed E-state index contributed by atoms with van der Waals surface area (Å²) in [6.07, 6.45) is 2.48. The summed E-state index contributed by atoms with van der Waals surface area (Å²) < 4.78 is 0. The van der Waals surface area contributed by atoms with E-state index in [0.29, 0.717) is 6.42 Å². The lowest BCUT2D eigenvalue weighted by Crippen LogP contribution is -2.41. The van der Waals surface area contributed by atoms with Crippen molar-refractivity contribution in [2.24, 2.45) is 0 Å². The first kappa shape index (κ1) is 13.8. The van der Waals surface area contributed by atoms with E-state index in [1.165, 1.54) is 5.06 Å². The van der Waals surface area contributed by atoms with Crippen LogP contribution in [0.3, 0.4) is 0 Å². The third kappa shape index (κ3) is 9.92. The topological polar surface area (TPSA) is 52.6 Å². The molecule has 0 spiro atoms. The Morgan fingerprint density at radius 2 is 2.07 bits per heavy atom. The van der Waals surface area contributed by atoms with Crippen LogP contribution in [-0.4, -0.2) is 41.7 Å². The van der Waals surface area contributed by atoms with Gasteiger partial charge in [-0.1, -0.05) is 13.3 Å². The number of piperazine rings is 1. The number of nitrogens with zero attached hydrogens (tertiary/aromatic N) is 1. The van der Waals surface area contributed by atoms with Crippen molar-refractivity contribution in [3.05, 3.63) is 0 Å². The van der Waals surface area contributed by atoms with Crippen LogP contribution in [0, 0.1) is 0 Å². The molecule has 0 aromatic carbocycles. The molecule has 0 aromatic heterocycles. The lowest BCUT2D eigenvalue weighted by atomic mass is 10.3. The Bertz CT molecular complexity index is 150. The zero-order chi connectivity index (χ0) is 10.8. The number of hydrogen-bond acceptors (Lipinski definition) is 4. The first-order valence-corrected chi connectivity index (χ1v) is 5.37. The molecule has 14 heavy (non-hydrogen) atoms. The van der Waals surface area contributed by atoms with Gasteiger partial charge < -0.3 is 10.5 Å². The SMILES string of the molecule is CCCCC(=O)Cl.ON1CCNCC1. The van der Waals surface area contributed by atoms with Crippen molar-refractivity contribution in [3.8, 4) is 0 Å². The molecule has 0 aromatic rings. The number of hydrogen-bond donors (Lipinski definition) is 2. The van der Waals surface area contributed by atoms with Crippen LogP contribution in [0.25, 0.3) is 0 Å². The minimum atomic E-state index is -0.221. The number of carbonyl (C=O) groups excluding carboxylic acids is 1. The molecule has 0 radical (unpaired) electrons. The minimum Gasteiger partial charge on any atom is -0.314 e. The average molecular weight is 223 g/mol. The lowest BCUT2D eigenvalue weighted by molar-refractivity contribution is -0.111. The van der Waals surface area contributed by atoms with Crippen LogP contribution in [0.15, 0.2) is 0 Å². The molecule has 1 aliphatic rings. The van der Waals surface area contributed by atoms with Crippen LogP contribution < -0.4 is 5.32 Å². The summed E-state index contributed by atoms with van der Waals surface area (Å²) in [6.45, 7) is 5.38. The maximum absolute atomic E-state index is 9.97. The molecule has 1 saturated heterocycles. The van der Waals surface area contributed by atoms with Gasteiger partial charge >= 0.3 is 0 Å². The maximum atomic E-state index is 9.97. The van der Waals surface area contributed by atoms with Crippen molar-refractivity contribution in [2.75, 3.05) is 26.2 Å². The molecule has 0 bridgehead atoms. The van der Waals surface area contributed by atoms with E-state index in [2.05, 4.69) is 5.32 Å². The van der Waals surface area contributed by atoms with E-state index in [-0.39, 0.29) is 5.24 Å². The van der Waals surface area contributed by atoms with E-state index in [1.54, 1.807) is 0 Å². The summed E-state index contributed by atoms with van der Waals surface area (Å²) in [7, 11) is 0. The molecule has 1 heterocycles. The summed E-state index contributed by atoms with van der Waals surface area (Å²) in [4.78, 5) is 9.97. The number of halogens is 1. The molecule has 1 fully saturated rings. The van der Waals surface area contributed by atoms with E-state index in [1.807, 2.05) is 6.92 Å². The molecular formula is C9H19ClN2O2. The molecular weight excluding hydrogens is 204 g/mol. The summed E-state index contributed by atoms with van der Waals surface area (Å²) in [5.41, 5.74) is 0. The van der Waals surface area contributed by atoms with Crippen molar-refractivity contribution in [1.29, 1.82) is 0 Å². The number of hydroxylamine groups is 2. The smallest absolute Gasteiger partial charge is 0.221 e. The van der Waals surface area contributed by atoms with Gasteiger partial charge in [0.15, 0.2) is 0 Å². The fourth-order valence-corrected chi connectivity index (χ4v) is 1.10. The molecule has 2 N–H and O–H groups in total. The third-order valence-electron chi connectivity index (χ3n) is 1.82. The molecule has 0 unspecified atom stereocenters. The molecule has 0 atom stereocenters. The fourth-order valence-electron chi connectivity index (χ4n) is 0.969. The van der Waals surface area contributed by atoms with Gasteiger partial charge in [0, 0.05) is 32.6 Å². The molecule has 4 nitrogen and oxygen atoms in total. The highest BCUT2D eigenvalue weighted by atomic mass is 35.5. The van der Waals surface area contributed by atoms with E-state index < -0.39 is 0 Å². The van der Waals surface area contributed by atoms with Gasteiger partial charge in [-0.2, -0.15) is 5.06 Å². The van der Waals surface area contributed by atoms with Crippen LogP contribution in [-0.2, 0) is 4.79 Å². The summed E-state index contributed by atoms with van der Waals surface area (Å²) >= 11 is 5.02. The van der Waals surface area contributed by atoms with Gasteiger partial charge in [-0.15, -0.1) is 0 Å². The molecule has 0 amide bonds. The Morgan fingerprint density at radius 3 is 2.29 bits per heavy atom. The highest BCUT2D eigenvalue weighted by Crippen LogP contribution is 1.96. The standard InChI is InChI=1S/C5H9ClO.C4H10N2O/c1-2-3-4-5(6)7;7-6-3-1-5-2-4-6/h2-4H2,1H3;5,7H,1-4H2. The Labute approximate surface area is 90.2 Å². The maximum Gasteiger partial charge on any atom is 0.221 e. The first-order valence-electron chi connectivity index (χ1n) is 4.99. The Balaban J connectivity index is 0.000000241. The number of unbranched alkanes of at least 4 members (excludes halogenated alkanes) is 1. The molecule has 1 aliphatic heterocycles. The van der Waals surface area contributed by atoms with Gasteiger partial charge in [0.25, 0.3) is 0 Å². The Hall–Kier alpha value is -0.160. The highest BCUT2D eigenvalue weighted by molar-refractivity contribution is 6.63. The second kappa shape index (κ2) is 9.40. The van der Waals surface area contributed by atoms with Crippen molar-refractivity contribution >= 4 is 16.8 Å². The first-order chi connectivity index (χ1) is 6.66. The largest absolute Gasteiger partial charge is 0.314 e. The molecule has 0 aliphatic carbocycles. The van der Waals surface area contributed by atoms with E-state index in [0.717, 1.165) is 39.0 Å². The average Bonchev–Trinajstić information content (AvgIpc) is 2.17. The molecule has 0 saturated carbocycles. The van der Waals surface area contributed by atoms with Crippen LogP contribution in [0.5, 0.6) is 0 Å². The summed E-state index contributed by atoms with van der Waals surface area (Å²) in [5.74, 6) is 0. The molecule has 1 rings (SSSR count). The van der Waals surface area contributed by atoms with Gasteiger partial charge in [-0.25, -0.2) is 0 Å². The zero-order valence-electron chi connectivity index (χ0n) is 8.63. The van der Waals surface area contributed by atoms with Crippen molar-refractivity contribution < 1.29 is 10.0 Å². The van der Waals surface area contributed by atoms with Crippen molar-refractivity contribution in [1.82, 2.24) is 10.4 Å². The number of nitrogens with one attached hydrogen (secondary N) is 1. The van der Waals surface area contributed by atoms with Crippen LogP contribution >= 0.6 is 11.6 Å². The highest BCUT2D eigenvalue weighted by Gasteiger charge is 2.03. The van der Waals surface area contributed by atoms with E-state index in [9.17, 15) is 4.79 Å². The predicted octanol–water partition coefficient (Wildman–Crippen LogP) is 1.22. The van der Waals surface area contributed by atoms with Gasteiger partial charge in [-0.3, -0.25) is 4.79 Å². The van der Waals surface area contributed by atoms with Gasteiger partial charge in [0.2, 0.25) is 5.24 Å². The third-order valence-corrected chi connectivity index (χ3v) is 2.01. The summed E-state index contributed by atoms with van der Waals surface area (Å²) in [6, 6.07) is 0. The quantitative estimate of drug-likeness (QED) is 0.706. The second-order valence-electron chi connectivity index (χ2n) is 3.16. The predicted molar refractivity (Wildman–Crippen MR) is 56.6 cm³/mol. The lowest BCUT2D eigenvalue weighted by Gasteiger charge is -2.19. The van der Waals surface area contributed by atoms with Crippen LogP contribution in [0.4, 0.5) is 0 Å². The second-order valence-corrected chi connectivity index (χ2v) is 3.58. The van der Waals surface area contributed by atoms with Crippen molar-refractivity contribution in [3.63, 3.8) is 0 Å². The fraction of sp³-hybridized carbons (Fsp3) is 0.889. The van der Waals surface area contributed by atoms with Crippen molar-refractivity contribution in [2.45, 2.75) is 26.2 Å². The summed E-state index contributed by atoms with van der Waals surface area (Å²) in [5, 5.41) is 12.9. The normalized spacial score (nSPS) is 17.1. The van der Waals surface area contributed by atoms with E-state index in [4.69, 9.17) is 16.8 Å². The van der Waals surface area contributed by atoms with Crippen LogP contribution in [0.2, 0.25) is 0 Å². The number of rotatable bonds is 3. The minimum absolute atomic E-state index is 0.221. The van der Waals surface area contributed by atoms with Gasteiger partial charge in [0.1, 0.15) is 0 Å². The van der Waals surface area contributed by atoms with Crippen LogP contribution in [0.1, 0.15) is 26.2 Å². The number of carbonyl (C=O) groups is 1. The van der Waals surface area contributed by atoms with E-state index >= 15 is 0 Å². The Morgan fingerprint density at radius 1 is 1.50 bits per heavy atom. The Kier molecular flexibility index (Phi) is 9.29. The monoisotopic (exact) mass is 222 g/mol.